The van der Waals surface area contributed by atoms with E-state index in [1.54, 1.807) is 31.2 Å². The molecule has 0 spiro atoms. The molecular formula is C13H18O3S. The van der Waals surface area contributed by atoms with Crippen LogP contribution in [-0.4, -0.2) is 20.5 Å². The highest BCUT2D eigenvalue weighted by Crippen LogP contribution is 2.27. The molecule has 1 rings (SSSR count). The molecule has 17 heavy (non-hydrogen) atoms. The van der Waals surface area contributed by atoms with Gasteiger partial charge in [0.2, 0.25) is 0 Å². The van der Waals surface area contributed by atoms with Gasteiger partial charge in [-0.2, -0.15) is 0 Å². The van der Waals surface area contributed by atoms with Crippen molar-refractivity contribution in [3.63, 3.8) is 0 Å². The van der Waals surface area contributed by atoms with Gasteiger partial charge in [-0.15, -0.1) is 0 Å². The molecule has 0 amide bonds. The van der Waals surface area contributed by atoms with Gasteiger partial charge < -0.3 is 4.79 Å². The van der Waals surface area contributed by atoms with Gasteiger partial charge in [0.15, 0.2) is 9.84 Å². The Bertz CT molecular complexity index is 484. The zero-order valence-corrected chi connectivity index (χ0v) is 11.3. The third kappa shape index (κ3) is 3.16. The van der Waals surface area contributed by atoms with E-state index in [-0.39, 0.29) is 11.2 Å². The SMILES string of the molecule is CCS(=O)(=O)c1ccc(C(C)(C)CC=O)cc1. The van der Waals surface area contributed by atoms with E-state index in [2.05, 4.69) is 0 Å². The van der Waals surface area contributed by atoms with E-state index in [0.29, 0.717) is 11.3 Å². The Balaban J connectivity index is 3.08. The van der Waals surface area contributed by atoms with Gasteiger partial charge in [-0.3, -0.25) is 0 Å². The van der Waals surface area contributed by atoms with Crippen LogP contribution in [0.5, 0.6) is 0 Å². The summed E-state index contributed by atoms with van der Waals surface area (Å²) in [5.41, 5.74) is 0.718. The molecule has 0 radical (unpaired) electrons. The zero-order chi connectivity index (χ0) is 13.1. The molecule has 1 aromatic carbocycles. The second-order valence-corrected chi connectivity index (χ2v) is 6.96. The molecule has 0 N–H and O–H groups in total. The van der Waals surface area contributed by atoms with Crippen molar-refractivity contribution in [2.75, 3.05) is 5.75 Å². The lowest BCUT2D eigenvalue weighted by molar-refractivity contribution is -0.108. The maximum absolute atomic E-state index is 11.6. The molecule has 3 nitrogen and oxygen atoms in total. The molecule has 0 aliphatic rings. The summed E-state index contributed by atoms with van der Waals surface area (Å²) in [6, 6.07) is 6.79. The minimum Gasteiger partial charge on any atom is -0.303 e. The summed E-state index contributed by atoms with van der Waals surface area (Å²) >= 11 is 0. The van der Waals surface area contributed by atoms with Gasteiger partial charge in [0.1, 0.15) is 6.29 Å². The van der Waals surface area contributed by atoms with Crippen LogP contribution in [0, 0.1) is 0 Å². The van der Waals surface area contributed by atoms with E-state index < -0.39 is 9.84 Å². The van der Waals surface area contributed by atoms with Crippen molar-refractivity contribution in [1.29, 1.82) is 0 Å². The predicted octanol–water partition coefficient (Wildman–Crippen LogP) is 2.35. The fourth-order valence-electron chi connectivity index (χ4n) is 1.61. The monoisotopic (exact) mass is 254 g/mol. The van der Waals surface area contributed by atoms with Crippen LogP contribution >= 0.6 is 0 Å². The Labute approximate surface area is 103 Å². The number of aldehydes is 1. The first-order valence-electron chi connectivity index (χ1n) is 5.60. The summed E-state index contributed by atoms with van der Waals surface area (Å²) in [7, 11) is -3.14. The van der Waals surface area contributed by atoms with Gasteiger partial charge in [-0.1, -0.05) is 32.9 Å². The van der Waals surface area contributed by atoms with Gasteiger partial charge in [0.05, 0.1) is 10.6 Å². The predicted molar refractivity (Wildman–Crippen MR) is 67.9 cm³/mol. The molecule has 0 saturated heterocycles. The maximum Gasteiger partial charge on any atom is 0.178 e. The molecule has 0 bridgehead atoms. The molecule has 4 heteroatoms. The number of sulfone groups is 1. The summed E-state index contributed by atoms with van der Waals surface area (Å²) in [4.78, 5) is 10.9. The Morgan fingerprint density at radius 1 is 1.18 bits per heavy atom. The number of carbonyl (C=O) groups excluding carboxylic acids is 1. The maximum atomic E-state index is 11.6. The minimum absolute atomic E-state index is 0.101. The highest BCUT2D eigenvalue weighted by molar-refractivity contribution is 7.91. The molecular weight excluding hydrogens is 236 g/mol. The molecule has 0 unspecified atom stereocenters. The quantitative estimate of drug-likeness (QED) is 0.758. The van der Waals surface area contributed by atoms with Crippen molar-refractivity contribution in [3.8, 4) is 0 Å². The van der Waals surface area contributed by atoms with Crippen molar-refractivity contribution >= 4 is 16.1 Å². The van der Waals surface area contributed by atoms with E-state index >= 15 is 0 Å². The van der Waals surface area contributed by atoms with Crippen LogP contribution in [0.15, 0.2) is 29.2 Å². The summed E-state index contributed by atoms with van der Waals surface area (Å²) in [5, 5.41) is 0. The summed E-state index contributed by atoms with van der Waals surface area (Å²) < 4.78 is 23.3. The van der Waals surface area contributed by atoms with Gasteiger partial charge in [-0.25, -0.2) is 8.42 Å². The summed E-state index contributed by atoms with van der Waals surface area (Å²) in [5.74, 6) is 0.101. The molecule has 94 valence electrons. The van der Waals surface area contributed by atoms with E-state index in [4.69, 9.17) is 0 Å². The first kappa shape index (κ1) is 13.9. The van der Waals surface area contributed by atoms with Crippen molar-refractivity contribution < 1.29 is 13.2 Å². The first-order chi connectivity index (χ1) is 7.83. The summed E-state index contributed by atoms with van der Waals surface area (Å²) in [6.45, 7) is 5.55. The lowest BCUT2D eigenvalue weighted by atomic mass is 9.82. The first-order valence-corrected chi connectivity index (χ1v) is 7.25. The van der Waals surface area contributed by atoms with Crippen LogP contribution in [0.2, 0.25) is 0 Å². The van der Waals surface area contributed by atoms with Gasteiger partial charge >= 0.3 is 0 Å². The smallest absolute Gasteiger partial charge is 0.178 e. The van der Waals surface area contributed by atoms with E-state index in [1.165, 1.54) is 0 Å². The van der Waals surface area contributed by atoms with Crippen molar-refractivity contribution in [3.05, 3.63) is 29.8 Å². The Hall–Kier alpha value is -1.16. The molecule has 0 heterocycles. The lowest BCUT2D eigenvalue weighted by Crippen LogP contribution is -2.17. The van der Waals surface area contributed by atoms with Gasteiger partial charge in [0.25, 0.3) is 0 Å². The van der Waals surface area contributed by atoms with Crippen molar-refractivity contribution in [1.82, 2.24) is 0 Å². The molecule has 0 saturated carbocycles. The third-order valence-corrected chi connectivity index (χ3v) is 4.72. The molecule has 0 fully saturated rings. The number of benzene rings is 1. The minimum atomic E-state index is -3.14. The number of rotatable bonds is 5. The molecule has 0 aliphatic heterocycles. The number of hydrogen-bond donors (Lipinski definition) is 0. The van der Waals surface area contributed by atoms with Gasteiger partial charge in [-0.05, 0) is 23.1 Å². The number of hydrogen-bond acceptors (Lipinski definition) is 3. The van der Waals surface area contributed by atoms with E-state index in [0.717, 1.165) is 11.8 Å². The molecule has 0 aliphatic carbocycles. The van der Waals surface area contributed by atoms with Crippen LogP contribution in [0.4, 0.5) is 0 Å². The topological polar surface area (TPSA) is 51.2 Å². The Morgan fingerprint density at radius 2 is 1.71 bits per heavy atom. The zero-order valence-electron chi connectivity index (χ0n) is 10.4. The molecule has 0 atom stereocenters. The number of carbonyl (C=O) groups is 1. The Kier molecular flexibility index (Phi) is 4.09. The average Bonchev–Trinajstić information content (AvgIpc) is 2.29. The average molecular weight is 254 g/mol. The van der Waals surface area contributed by atoms with Crippen LogP contribution in [0.3, 0.4) is 0 Å². The highest BCUT2D eigenvalue weighted by Gasteiger charge is 2.20. The van der Waals surface area contributed by atoms with E-state index in [9.17, 15) is 13.2 Å². The molecule has 0 aromatic heterocycles. The lowest BCUT2D eigenvalue weighted by Gasteiger charge is -2.22. The standard InChI is InChI=1S/C13H18O3S/c1-4-17(15,16)12-7-5-11(6-8-12)13(2,3)9-10-14/h5-8,10H,4,9H2,1-3H3. The van der Waals surface area contributed by atoms with Crippen LogP contribution < -0.4 is 0 Å². The largest absolute Gasteiger partial charge is 0.303 e. The van der Waals surface area contributed by atoms with Crippen molar-refractivity contribution in [2.24, 2.45) is 0 Å². The van der Waals surface area contributed by atoms with Crippen LogP contribution in [0.25, 0.3) is 0 Å². The fourth-order valence-corrected chi connectivity index (χ4v) is 2.49. The third-order valence-electron chi connectivity index (χ3n) is 2.97. The fraction of sp³-hybridized carbons (Fsp3) is 0.462. The normalized spacial score (nSPS) is 12.4. The van der Waals surface area contributed by atoms with E-state index in [1.807, 2.05) is 13.8 Å². The second-order valence-electron chi connectivity index (χ2n) is 4.68. The highest BCUT2D eigenvalue weighted by atomic mass is 32.2. The van der Waals surface area contributed by atoms with Gasteiger partial charge in [0, 0.05) is 6.42 Å². The molecule has 1 aromatic rings. The summed E-state index contributed by atoms with van der Waals surface area (Å²) in [6.07, 6.45) is 1.31. The van der Waals surface area contributed by atoms with Crippen LogP contribution in [0.1, 0.15) is 32.8 Å². The second kappa shape index (κ2) is 5.00. The van der Waals surface area contributed by atoms with Crippen molar-refractivity contribution in [2.45, 2.75) is 37.5 Å². The Morgan fingerprint density at radius 3 is 2.12 bits per heavy atom. The van der Waals surface area contributed by atoms with Crippen LogP contribution in [-0.2, 0) is 20.0 Å².